The highest BCUT2D eigenvalue weighted by Crippen LogP contribution is 2.13. The van der Waals surface area contributed by atoms with Crippen molar-refractivity contribution < 1.29 is 4.74 Å². The average molecular weight is 176 g/mol. The summed E-state index contributed by atoms with van der Waals surface area (Å²) in [5, 5.41) is 0. The Morgan fingerprint density at radius 2 is 2.50 bits per heavy atom. The Hall–Kier alpha value is -0.280. The zero-order valence-electron chi connectivity index (χ0n) is 4.17. The fourth-order valence-corrected chi connectivity index (χ4v) is 0.682. The lowest BCUT2D eigenvalue weighted by atomic mass is 10.4. The maximum Gasteiger partial charge on any atom is 0.179 e. The summed E-state index contributed by atoms with van der Waals surface area (Å²) in [6, 6.07) is 0. The monoisotopic (exact) mass is 175 g/mol. The molecule has 0 aliphatic carbocycles. The van der Waals surface area contributed by atoms with Gasteiger partial charge in [-0.1, -0.05) is 15.9 Å². The van der Waals surface area contributed by atoms with Crippen LogP contribution in [0.25, 0.3) is 0 Å². The molecule has 3 heteroatoms. The number of allylic oxidation sites excluding steroid dienone is 2. The molecule has 0 spiro atoms. The molecule has 1 rings (SSSR count). The summed E-state index contributed by atoms with van der Waals surface area (Å²) in [5.74, 6) is 0. The van der Waals surface area contributed by atoms with Crippen LogP contribution in [0.3, 0.4) is 0 Å². The Balaban J connectivity index is 2.66. The Morgan fingerprint density at radius 1 is 1.75 bits per heavy atom. The second-order valence-corrected chi connectivity index (χ2v) is 2.35. The summed E-state index contributed by atoms with van der Waals surface area (Å²) >= 11 is 3.21. The number of nitrogens with two attached hydrogens (primary N) is 1. The first kappa shape index (κ1) is 5.85. The minimum absolute atomic E-state index is 0.306. The molecule has 0 radical (unpaired) electrons. The molecule has 1 heterocycles. The van der Waals surface area contributed by atoms with E-state index in [9.17, 15) is 0 Å². The van der Waals surface area contributed by atoms with Crippen LogP contribution in [0.1, 0.15) is 0 Å². The van der Waals surface area contributed by atoms with Gasteiger partial charge in [0.05, 0.1) is 10.7 Å². The lowest BCUT2D eigenvalue weighted by Crippen LogP contribution is -2.22. The Bertz CT molecular complexity index is 141. The third-order valence-electron chi connectivity index (χ3n) is 0.831. The summed E-state index contributed by atoms with van der Waals surface area (Å²) < 4.78 is 5.75. The second kappa shape index (κ2) is 2.33. The van der Waals surface area contributed by atoms with Crippen LogP contribution < -0.4 is 5.73 Å². The summed E-state index contributed by atoms with van der Waals surface area (Å²) in [7, 11) is 0. The SMILES string of the molecule is NC1OC=CC=C1Br. The normalized spacial score (nSPS) is 26.8. The van der Waals surface area contributed by atoms with Crippen LogP contribution in [-0.2, 0) is 4.74 Å². The molecule has 0 fully saturated rings. The smallest absolute Gasteiger partial charge is 0.179 e. The van der Waals surface area contributed by atoms with Crippen molar-refractivity contribution in [1.82, 2.24) is 0 Å². The molecule has 0 aromatic heterocycles. The van der Waals surface area contributed by atoms with Crippen molar-refractivity contribution in [3.05, 3.63) is 22.9 Å². The van der Waals surface area contributed by atoms with Gasteiger partial charge in [-0.05, 0) is 12.2 Å². The van der Waals surface area contributed by atoms with E-state index in [0.717, 1.165) is 4.48 Å². The van der Waals surface area contributed by atoms with Gasteiger partial charge in [-0.25, -0.2) is 0 Å². The van der Waals surface area contributed by atoms with E-state index in [1.54, 1.807) is 12.3 Å². The molecule has 0 bridgehead atoms. The minimum Gasteiger partial charge on any atom is -0.478 e. The van der Waals surface area contributed by atoms with Crippen LogP contribution in [0.4, 0.5) is 0 Å². The average Bonchev–Trinajstić information content (AvgIpc) is 1.77. The van der Waals surface area contributed by atoms with Crippen LogP contribution in [0.5, 0.6) is 0 Å². The first-order valence-corrected chi connectivity index (χ1v) is 3.03. The van der Waals surface area contributed by atoms with Crippen molar-refractivity contribution in [3.63, 3.8) is 0 Å². The van der Waals surface area contributed by atoms with Crippen LogP contribution >= 0.6 is 15.9 Å². The number of halogens is 1. The molecule has 1 aliphatic heterocycles. The topological polar surface area (TPSA) is 35.2 Å². The number of rotatable bonds is 0. The number of hydrogen-bond donors (Lipinski definition) is 1. The first-order valence-electron chi connectivity index (χ1n) is 2.24. The molecule has 0 aromatic carbocycles. The maximum atomic E-state index is 5.39. The highest BCUT2D eigenvalue weighted by molar-refractivity contribution is 9.11. The van der Waals surface area contributed by atoms with Crippen molar-refractivity contribution in [2.24, 2.45) is 5.73 Å². The van der Waals surface area contributed by atoms with Gasteiger partial charge < -0.3 is 4.74 Å². The third-order valence-corrected chi connectivity index (χ3v) is 1.55. The molecule has 44 valence electrons. The number of hydrogen-bond acceptors (Lipinski definition) is 2. The maximum absolute atomic E-state index is 5.39. The molecule has 1 atom stereocenters. The van der Waals surface area contributed by atoms with Gasteiger partial charge in [0.15, 0.2) is 6.23 Å². The standard InChI is InChI=1S/C5H6BrNO/c6-4-2-1-3-8-5(4)7/h1-3,5H,7H2. The van der Waals surface area contributed by atoms with E-state index in [0.29, 0.717) is 0 Å². The van der Waals surface area contributed by atoms with Crippen LogP contribution in [0, 0.1) is 0 Å². The molecule has 0 aromatic rings. The molecule has 8 heavy (non-hydrogen) atoms. The van der Waals surface area contributed by atoms with E-state index in [1.165, 1.54) is 0 Å². The Kier molecular flexibility index (Phi) is 1.70. The number of ether oxygens (including phenoxy) is 1. The molecule has 1 aliphatic rings. The fourth-order valence-electron chi connectivity index (χ4n) is 0.421. The van der Waals surface area contributed by atoms with Gasteiger partial charge in [0.1, 0.15) is 0 Å². The fraction of sp³-hybridized carbons (Fsp3) is 0.200. The van der Waals surface area contributed by atoms with Crippen molar-refractivity contribution in [2.75, 3.05) is 0 Å². The summed E-state index contributed by atoms with van der Waals surface area (Å²) in [5.41, 5.74) is 5.39. The molecular formula is C5H6BrNO. The lowest BCUT2D eigenvalue weighted by Gasteiger charge is -2.12. The van der Waals surface area contributed by atoms with E-state index in [2.05, 4.69) is 15.9 Å². The summed E-state index contributed by atoms with van der Waals surface area (Å²) in [6.07, 6.45) is 4.90. The molecule has 0 amide bonds. The Labute approximate surface area is 56.1 Å². The van der Waals surface area contributed by atoms with Crippen molar-refractivity contribution >= 4 is 15.9 Å². The quantitative estimate of drug-likeness (QED) is 0.599. The molecule has 2 nitrogen and oxygen atoms in total. The van der Waals surface area contributed by atoms with Crippen molar-refractivity contribution in [2.45, 2.75) is 6.23 Å². The van der Waals surface area contributed by atoms with E-state index in [4.69, 9.17) is 10.5 Å². The second-order valence-electron chi connectivity index (χ2n) is 1.44. The zero-order valence-corrected chi connectivity index (χ0v) is 5.76. The molecule has 0 saturated carbocycles. The highest BCUT2D eigenvalue weighted by atomic mass is 79.9. The lowest BCUT2D eigenvalue weighted by molar-refractivity contribution is 0.187. The highest BCUT2D eigenvalue weighted by Gasteiger charge is 2.05. The van der Waals surface area contributed by atoms with Gasteiger partial charge in [0.25, 0.3) is 0 Å². The summed E-state index contributed by atoms with van der Waals surface area (Å²) in [4.78, 5) is 0. The van der Waals surface area contributed by atoms with E-state index in [-0.39, 0.29) is 6.23 Å². The van der Waals surface area contributed by atoms with Crippen molar-refractivity contribution in [3.8, 4) is 0 Å². The van der Waals surface area contributed by atoms with Gasteiger partial charge in [0, 0.05) is 0 Å². The molecular weight excluding hydrogens is 170 g/mol. The van der Waals surface area contributed by atoms with Crippen molar-refractivity contribution in [1.29, 1.82) is 0 Å². The predicted octanol–water partition coefficient (Wildman–Crippen LogP) is 1.09. The van der Waals surface area contributed by atoms with Gasteiger partial charge >= 0.3 is 0 Å². The van der Waals surface area contributed by atoms with Gasteiger partial charge in [0.2, 0.25) is 0 Å². The van der Waals surface area contributed by atoms with Crippen LogP contribution in [-0.4, -0.2) is 6.23 Å². The van der Waals surface area contributed by atoms with Crippen LogP contribution in [0.15, 0.2) is 22.9 Å². The largest absolute Gasteiger partial charge is 0.478 e. The minimum atomic E-state index is -0.306. The van der Waals surface area contributed by atoms with Crippen LogP contribution in [0.2, 0.25) is 0 Å². The third kappa shape index (κ3) is 1.11. The Morgan fingerprint density at radius 3 is 2.88 bits per heavy atom. The molecule has 0 saturated heterocycles. The van der Waals surface area contributed by atoms with Gasteiger partial charge in [-0.2, -0.15) is 0 Å². The summed E-state index contributed by atoms with van der Waals surface area (Å²) in [6.45, 7) is 0. The van der Waals surface area contributed by atoms with E-state index < -0.39 is 0 Å². The molecule has 2 N–H and O–H groups in total. The zero-order chi connectivity index (χ0) is 5.98. The van der Waals surface area contributed by atoms with Gasteiger partial charge in [-0.15, -0.1) is 0 Å². The predicted molar refractivity (Wildman–Crippen MR) is 35.2 cm³/mol. The first-order chi connectivity index (χ1) is 3.80. The van der Waals surface area contributed by atoms with E-state index >= 15 is 0 Å². The molecule has 1 unspecified atom stereocenters. The van der Waals surface area contributed by atoms with Gasteiger partial charge in [-0.3, -0.25) is 5.73 Å². The van der Waals surface area contributed by atoms with E-state index in [1.807, 2.05) is 6.08 Å².